The van der Waals surface area contributed by atoms with Gasteiger partial charge in [0, 0.05) is 12.2 Å². The van der Waals surface area contributed by atoms with Crippen LogP contribution in [0, 0.1) is 5.82 Å². The number of nitrogens with one attached hydrogen (secondary N) is 1. The summed E-state index contributed by atoms with van der Waals surface area (Å²) in [6.07, 6.45) is -0.488. The first-order valence-electron chi connectivity index (χ1n) is 4.07. The smallest absolute Gasteiger partial charge is 0.160 e. The molecule has 0 radical (unpaired) electrons. The Morgan fingerprint density at radius 3 is 2.36 bits per heavy atom. The molecule has 2 nitrogen and oxygen atoms in total. The van der Waals surface area contributed by atoms with Crippen molar-refractivity contribution in [2.45, 2.75) is 13.0 Å². The second-order valence-corrected chi connectivity index (χ2v) is 3.80. The van der Waals surface area contributed by atoms with Gasteiger partial charge in [-0.2, -0.15) is 0 Å². The minimum atomic E-state index is -0.629. The third-order valence-electron chi connectivity index (χ3n) is 1.59. The third-order valence-corrected chi connectivity index (χ3v) is 2.14. The summed E-state index contributed by atoms with van der Waals surface area (Å²) in [6, 6.07) is 2.84. The lowest BCUT2D eigenvalue weighted by Crippen LogP contribution is -2.15. The number of anilines is 1. The number of aliphatic hydroxyl groups is 1. The lowest BCUT2D eigenvalue weighted by Gasteiger charge is -2.09. The number of rotatable bonds is 3. The molecule has 0 spiro atoms. The highest BCUT2D eigenvalue weighted by atomic mass is 35.5. The normalized spacial score (nSPS) is 12.6. The lowest BCUT2D eigenvalue weighted by molar-refractivity contribution is 0.208. The van der Waals surface area contributed by atoms with Gasteiger partial charge in [0.05, 0.1) is 16.1 Å². The van der Waals surface area contributed by atoms with E-state index in [9.17, 15) is 4.39 Å². The van der Waals surface area contributed by atoms with Crippen LogP contribution >= 0.6 is 23.2 Å². The van der Waals surface area contributed by atoms with E-state index in [1.807, 2.05) is 0 Å². The molecule has 0 aliphatic carbocycles. The summed E-state index contributed by atoms with van der Waals surface area (Å²) >= 11 is 11.1. The molecule has 0 saturated carbocycles. The second-order valence-electron chi connectivity index (χ2n) is 2.98. The van der Waals surface area contributed by atoms with Crippen LogP contribution in [-0.4, -0.2) is 17.8 Å². The van der Waals surface area contributed by atoms with Crippen molar-refractivity contribution in [3.8, 4) is 0 Å². The number of hydrogen-bond acceptors (Lipinski definition) is 2. The molecule has 78 valence electrons. The molecule has 0 unspecified atom stereocenters. The van der Waals surface area contributed by atoms with Crippen molar-refractivity contribution in [2.75, 3.05) is 11.9 Å². The van der Waals surface area contributed by atoms with E-state index >= 15 is 0 Å². The van der Waals surface area contributed by atoms with Crippen molar-refractivity contribution >= 4 is 28.9 Å². The largest absolute Gasteiger partial charge is 0.392 e. The van der Waals surface area contributed by atoms with Gasteiger partial charge in [0.15, 0.2) is 5.82 Å². The fourth-order valence-electron chi connectivity index (χ4n) is 0.923. The molecule has 1 aromatic rings. The first kappa shape index (κ1) is 11.6. The SMILES string of the molecule is C[C@H](O)CNc1cc(Cl)c(F)c(Cl)c1. The van der Waals surface area contributed by atoms with E-state index in [-0.39, 0.29) is 10.0 Å². The van der Waals surface area contributed by atoms with E-state index in [2.05, 4.69) is 5.32 Å². The Balaban J connectivity index is 2.79. The van der Waals surface area contributed by atoms with Gasteiger partial charge < -0.3 is 10.4 Å². The summed E-state index contributed by atoms with van der Waals surface area (Å²) in [6.45, 7) is 2.00. The van der Waals surface area contributed by atoms with Gasteiger partial charge in [0.1, 0.15) is 0 Å². The Bertz CT molecular complexity index is 308. The molecule has 0 aromatic heterocycles. The van der Waals surface area contributed by atoms with Crippen molar-refractivity contribution < 1.29 is 9.50 Å². The van der Waals surface area contributed by atoms with Crippen LogP contribution in [0.5, 0.6) is 0 Å². The summed E-state index contributed by atoms with van der Waals surface area (Å²) < 4.78 is 13.0. The summed E-state index contributed by atoms with van der Waals surface area (Å²) in [5.41, 5.74) is 0.585. The van der Waals surface area contributed by atoms with Gasteiger partial charge in [-0.25, -0.2) is 4.39 Å². The summed E-state index contributed by atoms with van der Waals surface area (Å²) in [4.78, 5) is 0. The Morgan fingerprint density at radius 1 is 1.43 bits per heavy atom. The minimum Gasteiger partial charge on any atom is -0.392 e. The molecule has 1 atom stereocenters. The quantitative estimate of drug-likeness (QED) is 0.793. The molecule has 0 saturated heterocycles. The average molecular weight is 238 g/mol. The molecule has 0 bridgehead atoms. The molecular weight excluding hydrogens is 228 g/mol. The predicted molar refractivity (Wildman–Crippen MR) is 56.6 cm³/mol. The van der Waals surface area contributed by atoms with E-state index in [4.69, 9.17) is 28.3 Å². The zero-order chi connectivity index (χ0) is 10.7. The Morgan fingerprint density at radius 2 is 1.93 bits per heavy atom. The standard InChI is InChI=1S/C9H10Cl2FNO/c1-5(14)4-13-6-2-7(10)9(12)8(11)3-6/h2-3,5,13-14H,4H2,1H3/t5-/m0/s1. The molecule has 0 aliphatic heterocycles. The molecule has 5 heteroatoms. The van der Waals surface area contributed by atoms with E-state index in [0.717, 1.165) is 0 Å². The monoisotopic (exact) mass is 237 g/mol. The van der Waals surface area contributed by atoms with Crippen LogP contribution in [0.2, 0.25) is 10.0 Å². The van der Waals surface area contributed by atoms with E-state index in [1.54, 1.807) is 6.92 Å². The summed E-state index contributed by atoms with van der Waals surface area (Å²) in [7, 11) is 0. The van der Waals surface area contributed by atoms with Gasteiger partial charge in [-0.05, 0) is 19.1 Å². The maximum Gasteiger partial charge on any atom is 0.160 e. The van der Waals surface area contributed by atoms with Gasteiger partial charge in [0.25, 0.3) is 0 Å². The summed E-state index contributed by atoms with van der Waals surface area (Å²) in [5, 5.41) is 11.8. The highest BCUT2D eigenvalue weighted by molar-refractivity contribution is 6.35. The maximum atomic E-state index is 13.0. The van der Waals surface area contributed by atoms with Gasteiger partial charge in [-0.15, -0.1) is 0 Å². The van der Waals surface area contributed by atoms with Crippen LogP contribution in [0.25, 0.3) is 0 Å². The van der Waals surface area contributed by atoms with Crippen molar-refractivity contribution in [1.82, 2.24) is 0 Å². The fourth-order valence-corrected chi connectivity index (χ4v) is 1.41. The van der Waals surface area contributed by atoms with Crippen molar-refractivity contribution in [3.05, 3.63) is 28.0 Å². The van der Waals surface area contributed by atoms with Crippen LogP contribution in [0.1, 0.15) is 6.92 Å². The molecule has 1 rings (SSSR count). The molecule has 0 aliphatic rings. The average Bonchev–Trinajstić information content (AvgIpc) is 2.10. The Labute approximate surface area is 91.6 Å². The zero-order valence-electron chi connectivity index (χ0n) is 7.52. The highest BCUT2D eigenvalue weighted by Crippen LogP contribution is 2.27. The first-order chi connectivity index (χ1) is 6.50. The van der Waals surface area contributed by atoms with Crippen LogP contribution in [0.3, 0.4) is 0 Å². The van der Waals surface area contributed by atoms with Gasteiger partial charge >= 0.3 is 0 Å². The fraction of sp³-hybridized carbons (Fsp3) is 0.333. The predicted octanol–water partition coefficient (Wildman–Crippen LogP) is 2.93. The summed E-state index contributed by atoms with van der Waals surface area (Å²) in [5.74, 6) is -0.629. The molecule has 1 aromatic carbocycles. The van der Waals surface area contributed by atoms with Crippen LogP contribution in [0.4, 0.5) is 10.1 Å². The molecular formula is C9H10Cl2FNO. The molecule has 0 amide bonds. The number of hydrogen-bond donors (Lipinski definition) is 2. The molecule has 0 heterocycles. The third kappa shape index (κ3) is 3.01. The molecule has 0 fully saturated rings. The maximum absolute atomic E-state index is 13.0. The first-order valence-corrected chi connectivity index (χ1v) is 4.82. The van der Waals surface area contributed by atoms with E-state index in [1.165, 1.54) is 12.1 Å². The van der Waals surface area contributed by atoms with Gasteiger partial charge in [-0.1, -0.05) is 23.2 Å². The topological polar surface area (TPSA) is 32.3 Å². The van der Waals surface area contributed by atoms with Crippen LogP contribution < -0.4 is 5.32 Å². The van der Waals surface area contributed by atoms with Gasteiger partial charge in [0.2, 0.25) is 0 Å². The Hall–Kier alpha value is -0.510. The molecule has 14 heavy (non-hydrogen) atoms. The number of benzene rings is 1. The van der Waals surface area contributed by atoms with Crippen molar-refractivity contribution in [2.24, 2.45) is 0 Å². The highest BCUT2D eigenvalue weighted by Gasteiger charge is 2.07. The minimum absolute atomic E-state index is 0.0365. The number of aliphatic hydroxyl groups excluding tert-OH is 1. The van der Waals surface area contributed by atoms with Crippen molar-refractivity contribution in [3.63, 3.8) is 0 Å². The van der Waals surface area contributed by atoms with Crippen LogP contribution in [0.15, 0.2) is 12.1 Å². The zero-order valence-corrected chi connectivity index (χ0v) is 9.03. The second kappa shape index (κ2) is 4.82. The van der Waals surface area contributed by atoms with E-state index in [0.29, 0.717) is 12.2 Å². The molecule has 2 N–H and O–H groups in total. The Kier molecular flexibility index (Phi) is 3.98. The van der Waals surface area contributed by atoms with Crippen molar-refractivity contribution in [1.29, 1.82) is 0 Å². The van der Waals surface area contributed by atoms with Crippen LogP contribution in [-0.2, 0) is 0 Å². The number of halogens is 3. The lowest BCUT2D eigenvalue weighted by atomic mass is 10.3. The van der Waals surface area contributed by atoms with E-state index < -0.39 is 11.9 Å². The van der Waals surface area contributed by atoms with Gasteiger partial charge in [-0.3, -0.25) is 0 Å².